The van der Waals surface area contributed by atoms with Crippen LogP contribution in [-0.4, -0.2) is 30.6 Å². The third kappa shape index (κ3) is 5.20. The first kappa shape index (κ1) is 17.1. The van der Waals surface area contributed by atoms with Crippen LogP contribution in [0, 0.1) is 5.92 Å². The first-order valence-electron chi connectivity index (χ1n) is 9.06. The van der Waals surface area contributed by atoms with Gasteiger partial charge in [0.1, 0.15) is 0 Å². The number of hydrogen-bond donors (Lipinski definition) is 2. The van der Waals surface area contributed by atoms with Crippen molar-refractivity contribution in [2.75, 3.05) is 30.7 Å². The van der Waals surface area contributed by atoms with Crippen LogP contribution in [0.1, 0.15) is 52.4 Å². The van der Waals surface area contributed by atoms with E-state index >= 15 is 0 Å². The van der Waals surface area contributed by atoms with E-state index in [1.54, 1.807) is 0 Å². The number of benzene rings is 1. The van der Waals surface area contributed by atoms with Gasteiger partial charge in [-0.25, -0.2) is 0 Å². The fourth-order valence-corrected chi connectivity index (χ4v) is 3.39. The number of nitrogen functional groups attached to an aromatic ring is 1. The Labute approximate surface area is 136 Å². The minimum Gasteiger partial charge on any atom is -0.397 e. The zero-order valence-electron chi connectivity index (χ0n) is 14.4. The lowest BCUT2D eigenvalue weighted by atomic mass is 9.96. The number of unbranched alkanes of at least 4 members (excludes halogenated alkanes) is 1. The minimum absolute atomic E-state index is 0.566. The number of hydrogen-bond acceptors (Lipinski definition) is 3. The van der Waals surface area contributed by atoms with Crippen LogP contribution in [0.25, 0.3) is 0 Å². The predicted molar refractivity (Wildman–Crippen MR) is 97.2 cm³/mol. The number of anilines is 2. The molecule has 1 aliphatic heterocycles. The highest BCUT2D eigenvalue weighted by molar-refractivity contribution is 5.65. The zero-order valence-corrected chi connectivity index (χ0v) is 14.4. The molecule has 1 saturated heterocycles. The van der Waals surface area contributed by atoms with Crippen molar-refractivity contribution in [1.82, 2.24) is 4.90 Å². The molecule has 0 aliphatic carbocycles. The first-order chi connectivity index (χ1) is 10.7. The molecule has 0 bridgehead atoms. The molecule has 1 fully saturated rings. The van der Waals surface area contributed by atoms with Gasteiger partial charge in [-0.15, -0.1) is 0 Å². The summed E-state index contributed by atoms with van der Waals surface area (Å²) < 4.78 is 0. The second kappa shape index (κ2) is 9.04. The lowest BCUT2D eigenvalue weighted by molar-refractivity contribution is 0.180. The Kier molecular flexibility index (Phi) is 7.04. The van der Waals surface area contributed by atoms with Gasteiger partial charge in [0.15, 0.2) is 0 Å². The maximum absolute atomic E-state index is 6.02. The third-order valence-corrected chi connectivity index (χ3v) is 4.97. The van der Waals surface area contributed by atoms with Gasteiger partial charge in [0.25, 0.3) is 0 Å². The maximum Gasteiger partial charge on any atom is 0.0576 e. The van der Waals surface area contributed by atoms with Gasteiger partial charge in [-0.2, -0.15) is 0 Å². The van der Waals surface area contributed by atoms with Crippen molar-refractivity contribution in [3.05, 3.63) is 24.3 Å². The molecule has 3 N–H and O–H groups in total. The molecule has 2 rings (SSSR count). The molecule has 1 aliphatic rings. The van der Waals surface area contributed by atoms with E-state index < -0.39 is 0 Å². The lowest BCUT2D eigenvalue weighted by Gasteiger charge is -2.35. The Morgan fingerprint density at radius 3 is 2.59 bits per heavy atom. The fourth-order valence-electron chi connectivity index (χ4n) is 3.39. The number of rotatable bonds is 8. The normalized spacial score (nSPS) is 18.3. The van der Waals surface area contributed by atoms with Gasteiger partial charge in [0.05, 0.1) is 11.4 Å². The van der Waals surface area contributed by atoms with Gasteiger partial charge < -0.3 is 16.0 Å². The monoisotopic (exact) mass is 303 g/mol. The van der Waals surface area contributed by atoms with Crippen LogP contribution in [0.2, 0.25) is 0 Å². The van der Waals surface area contributed by atoms with E-state index in [0.29, 0.717) is 6.04 Å². The van der Waals surface area contributed by atoms with Crippen molar-refractivity contribution in [1.29, 1.82) is 0 Å². The minimum atomic E-state index is 0.566. The molecule has 0 saturated carbocycles. The molecule has 1 heterocycles. The van der Waals surface area contributed by atoms with E-state index in [4.69, 9.17) is 5.73 Å². The van der Waals surface area contributed by atoms with Crippen LogP contribution >= 0.6 is 0 Å². The molecule has 3 nitrogen and oxygen atoms in total. The second-order valence-electron chi connectivity index (χ2n) is 6.72. The molecule has 0 amide bonds. The van der Waals surface area contributed by atoms with Crippen LogP contribution in [0.5, 0.6) is 0 Å². The molecular formula is C19H33N3. The fraction of sp³-hybridized carbons (Fsp3) is 0.684. The van der Waals surface area contributed by atoms with E-state index in [2.05, 4.69) is 30.1 Å². The molecule has 0 aromatic heterocycles. The Hall–Kier alpha value is -1.22. The summed E-state index contributed by atoms with van der Waals surface area (Å²) in [5, 5.41) is 3.62. The highest BCUT2D eigenvalue weighted by Gasteiger charge is 2.21. The standard InChI is InChI=1S/C19H33N3/c1-3-5-8-16(4-2)15-22-13-11-17(12-14-22)21-19-10-7-6-9-18(19)20/h6-7,9-10,16-17,21H,3-5,8,11-15,20H2,1-2H3. The second-order valence-corrected chi connectivity index (χ2v) is 6.72. The summed E-state index contributed by atoms with van der Waals surface area (Å²) in [4.78, 5) is 2.66. The summed E-state index contributed by atoms with van der Waals surface area (Å²) in [5.41, 5.74) is 7.97. The SMILES string of the molecule is CCCCC(CC)CN1CCC(Nc2ccccc2N)CC1. The highest BCUT2D eigenvalue weighted by Crippen LogP contribution is 2.23. The van der Waals surface area contributed by atoms with Gasteiger partial charge >= 0.3 is 0 Å². The average molecular weight is 303 g/mol. The topological polar surface area (TPSA) is 41.3 Å². The summed E-state index contributed by atoms with van der Waals surface area (Å²) in [6.45, 7) is 8.35. The van der Waals surface area contributed by atoms with Crippen LogP contribution in [0.4, 0.5) is 11.4 Å². The molecular weight excluding hydrogens is 270 g/mol. The van der Waals surface area contributed by atoms with Gasteiger partial charge in [-0.05, 0) is 37.3 Å². The predicted octanol–water partition coefficient (Wildman–Crippen LogP) is 4.36. The van der Waals surface area contributed by atoms with Crippen molar-refractivity contribution in [3.8, 4) is 0 Å². The Morgan fingerprint density at radius 1 is 1.23 bits per heavy atom. The van der Waals surface area contributed by atoms with Crippen molar-refractivity contribution < 1.29 is 0 Å². The van der Waals surface area contributed by atoms with Crippen molar-refractivity contribution >= 4 is 11.4 Å². The van der Waals surface area contributed by atoms with Crippen LogP contribution in [0.15, 0.2) is 24.3 Å². The molecule has 3 heteroatoms. The molecule has 0 spiro atoms. The van der Waals surface area contributed by atoms with Gasteiger partial charge in [0, 0.05) is 25.7 Å². The molecule has 0 radical (unpaired) electrons. The molecule has 1 unspecified atom stereocenters. The molecule has 1 atom stereocenters. The van der Waals surface area contributed by atoms with E-state index in [0.717, 1.165) is 17.3 Å². The zero-order chi connectivity index (χ0) is 15.8. The molecule has 22 heavy (non-hydrogen) atoms. The van der Waals surface area contributed by atoms with Gasteiger partial charge in [-0.1, -0.05) is 45.2 Å². The number of nitrogens with one attached hydrogen (secondary N) is 1. The summed E-state index contributed by atoms with van der Waals surface area (Å²) >= 11 is 0. The van der Waals surface area contributed by atoms with Crippen molar-refractivity contribution in [3.63, 3.8) is 0 Å². The highest BCUT2D eigenvalue weighted by atomic mass is 15.1. The van der Waals surface area contributed by atoms with Gasteiger partial charge in [-0.3, -0.25) is 0 Å². The van der Waals surface area contributed by atoms with E-state index in [1.165, 1.54) is 58.2 Å². The van der Waals surface area contributed by atoms with Crippen molar-refractivity contribution in [2.45, 2.75) is 58.4 Å². The number of para-hydroxylation sites is 2. The summed E-state index contributed by atoms with van der Waals surface area (Å²) in [6, 6.07) is 8.66. The Morgan fingerprint density at radius 2 is 1.95 bits per heavy atom. The number of piperidine rings is 1. The smallest absolute Gasteiger partial charge is 0.0576 e. The van der Waals surface area contributed by atoms with Crippen LogP contribution in [0.3, 0.4) is 0 Å². The van der Waals surface area contributed by atoms with Crippen molar-refractivity contribution in [2.24, 2.45) is 5.92 Å². The summed E-state index contributed by atoms with van der Waals surface area (Å²) in [5.74, 6) is 0.884. The van der Waals surface area contributed by atoms with E-state index in [-0.39, 0.29) is 0 Å². The molecule has 1 aromatic rings. The summed E-state index contributed by atoms with van der Waals surface area (Å²) in [6.07, 6.45) is 7.85. The quantitative estimate of drug-likeness (QED) is 0.701. The van der Waals surface area contributed by atoms with Crippen LogP contribution in [-0.2, 0) is 0 Å². The van der Waals surface area contributed by atoms with E-state index in [9.17, 15) is 0 Å². The molecule has 1 aromatic carbocycles. The number of likely N-dealkylation sites (tertiary alicyclic amines) is 1. The van der Waals surface area contributed by atoms with E-state index in [1.807, 2.05) is 18.2 Å². The maximum atomic E-state index is 6.02. The molecule has 124 valence electrons. The lowest BCUT2D eigenvalue weighted by Crippen LogP contribution is -2.41. The first-order valence-corrected chi connectivity index (χ1v) is 9.06. The Balaban J connectivity index is 1.74. The van der Waals surface area contributed by atoms with Gasteiger partial charge in [0.2, 0.25) is 0 Å². The Bertz CT molecular complexity index is 424. The third-order valence-electron chi connectivity index (χ3n) is 4.97. The summed E-state index contributed by atoms with van der Waals surface area (Å²) in [7, 11) is 0. The largest absolute Gasteiger partial charge is 0.397 e. The average Bonchev–Trinajstić information content (AvgIpc) is 2.55. The number of nitrogens with zero attached hydrogens (tertiary/aromatic N) is 1. The van der Waals surface area contributed by atoms with Crippen LogP contribution < -0.4 is 11.1 Å². The number of nitrogens with two attached hydrogens (primary N) is 1.